The molecule has 1 heterocycles. The summed E-state index contributed by atoms with van der Waals surface area (Å²) >= 11 is 3.28. The molecule has 2 rings (SSSR count). The Morgan fingerprint density at radius 2 is 2.00 bits per heavy atom. The summed E-state index contributed by atoms with van der Waals surface area (Å²) in [5.74, 6) is -0.724. The van der Waals surface area contributed by atoms with Crippen LogP contribution in [0.3, 0.4) is 0 Å². The number of hydrogen-bond donors (Lipinski definition) is 1. The average molecular weight is 339 g/mol. The van der Waals surface area contributed by atoms with Gasteiger partial charge in [0, 0.05) is 21.9 Å². The van der Waals surface area contributed by atoms with E-state index >= 15 is 0 Å². The van der Waals surface area contributed by atoms with Crippen molar-refractivity contribution in [2.75, 3.05) is 5.32 Å². The number of pyridine rings is 1. The predicted molar refractivity (Wildman–Crippen MR) is 78.2 cm³/mol. The van der Waals surface area contributed by atoms with E-state index in [-0.39, 0.29) is 23.8 Å². The minimum absolute atomic E-state index is 0.101. The van der Waals surface area contributed by atoms with Gasteiger partial charge >= 0.3 is 0 Å². The summed E-state index contributed by atoms with van der Waals surface area (Å²) in [6, 6.07) is 7.12. The van der Waals surface area contributed by atoms with Crippen LogP contribution in [0.2, 0.25) is 0 Å². The van der Waals surface area contributed by atoms with Gasteiger partial charge in [0.05, 0.1) is 0 Å². The first-order chi connectivity index (χ1) is 9.45. The smallest absolute Gasteiger partial charge is 0.253 e. The Labute approximate surface area is 123 Å². The fraction of sp³-hybridized carbons (Fsp3) is 0.143. The van der Waals surface area contributed by atoms with Gasteiger partial charge in [-0.05, 0) is 53.2 Å². The van der Waals surface area contributed by atoms with Gasteiger partial charge in [0.1, 0.15) is 12.4 Å². The van der Waals surface area contributed by atoms with Crippen molar-refractivity contribution in [1.82, 2.24) is 4.57 Å². The molecule has 0 bridgehead atoms. The highest BCUT2D eigenvalue weighted by Crippen LogP contribution is 2.10. The number of aromatic nitrogens is 1. The summed E-state index contributed by atoms with van der Waals surface area (Å²) in [5.41, 5.74) is 0.813. The Morgan fingerprint density at radius 1 is 1.35 bits per heavy atom. The van der Waals surface area contributed by atoms with Crippen LogP contribution < -0.4 is 10.9 Å². The number of aryl methyl sites for hydroxylation is 1. The van der Waals surface area contributed by atoms with Gasteiger partial charge in [0.15, 0.2) is 0 Å². The molecule has 0 saturated carbocycles. The number of nitrogens with zero attached hydrogens (tertiary/aromatic N) is 1. The van der Waals surface area contributed by atoms with Crippen LogP contribution in [0.5, 0.6) is 0 Å². The number of nitrogens with one attached hydrogen (secondary N) is 1. The lowest BCUT2D eigenvalue weighted by Gasteiger charge is -2.08. The van der Waals surface area contributed by atoms with Crippen molar-refractivity contribution in [3.63, 3.8) is 0 Å². The third-order valence-electron chi connectivity index (χ3n) is 2.67. The molecule has 1 aromatic heterocycles. The van der Waals surface area contributed by atoms with Crippen LogP contribution in [-0.4, -0.2) is 10.5 Å². The first kappa shape index (κ1) is 14.5. The zero-order chi connectivity index (χ0) is 14.7. The van der Waals surface area contributed by atoms with Crippen LogP contribution >= 0.6 is 15.9 Å². The largest absolute Gasteiger partial charge is 0.325 e. The zero-order valence-corrected chi connectivity index (χ0v) is 12.3. The minimum atomic E-state index is -0.373. The third kappa shape index (κ3) is 3.54. The molecule has 104 valence electrons. The summed E-state index contributed by atoms with van der Waals surface area (Å²) in [6.45, 7) is 1.58. The van der Waals surface area contributed by atoms with Gasteiger partial charge in [-0.3, -0.25) is 9.59 Å². The number of amides is 1. The van der Waals surface area contributed by atoms with Gasteiger partial charge in [0.25, 0.3) is 5.56 Å². The Morgan fingerprint density at radius 3 is 2.65 bits per heavy atom. The fourth-order valence-corrected chi connectivity index (χ4v) is 2.34. The second-order valence-corrected chi connectivity index (χ2v) is 5.25. The van der Waals surface area contributed by atoms with Gasteiger partial charge in [-0.15, -0.1) is 0 Å². The molecule has 2 aromatic rings. The highest BCUT2D eigenvalue weighted by Gasteiger charge is 2.07. The van der Waals surface area contributed by atoms with Crippen LogP contribution in [0.1, 0.15) is 5.56 Å². The zero-order valence-electron chi connectivity index (χ0n) is 10.7. The monoisotopic (exact) mass is 338 g/mol. The molecule has 1 amide bonds. The molecule has 0 unspecified atom stereocenters. The fourth-order valence-electron chi connectivity index (χ4n) is 1.75. The maximum atomic E-state index is 12.7. The number of halogens is 2. The standard InChI is InChI=1S/C14H12BrFN2O2/c1-9-6-10(15)7-18(14(9)20)8-13(19)17-12-4-2-11(16)3-5-12/h2-7H,8H2,1H3,(H,17,19). The van der Waals surface area contributed by atoms with E-state index in [9.17, 15) is 14.0 Å². The Hall–Kier alpha value is -1.95. The summed E-state index contributed by atoms with van der Waals surface area (Å²) in [6.07, 6.45) is 1.56. The molecule has 6 heteroatoms. The Bertz CT molecular complexity index is 695. The number of rotatable bonds is 3. The van der Waals surface area contributed by atoms with E-state index in [2.05, 4.69) is 21.2 Å². The SMILES string of the molecule is Cc1cc(Br)cn(CC(=O)Nc2ccc(F)cc2)c1=O. The second-order valence-electron chi connectivity index (χ2n) is 4.33. The van der Waals surface area contributed by atoms with Crippen molar-refractivity contribution in [2.45, 2.75) is 13.5 Å². The number of carbonyl (C=O) groups is 1. The van der Waals surface area contributed by atoms with Gasteiger partial charge < -0.3 is 9.88 Å². The summed E-state index contributed by atoms with van der Waals surface area (Å²) in [5, 5.41) is 2.60. The molecule has 1 N–H and O–H groups in total. The van der Waals surface area contributed by atoms with Crippen LogP contribution in [0.15, 0.2) is 45.8 Å². The molecule has 0 aliphatic rings. The lowest BCUT2D eigenvalue weighted by molar-refractivity contribution is -0.116. The second kappa shape index (κ2) is 6.00. The maximum absolute atomic E-state index is 12.7. The molecule has 20 heavy (non-hydrogen) atoms. The number of benzene rings is 1. The van der Waals surface area contributed by atoms with Gasteiger partial charge in [-0.25, -0.2) is 4.39 Å². The molecule has 0 atom stereocenters. The van der Waals surface area contributed by atoms with Crippen LogP contribution in [0.4, 0.5) is 10.1 Å². The topological polar surface area (TPSA) is 51.1 Å². The first-order valence-corrected chi connectivity index (χ1v) is 6.67. The third-order valence-corrected chi connectivity index (χ3v) is 3.11. The highest BCUT2D eigenvalue weighted by atomic mass is 79.9. The van der Waals surface area contributed by atoms with E-state index in [0.29, 0.717) is 11.3 Å². The van der Waals surface area contributed by atoms with E-state index in [1.807, 2.05) is 0 Å². The van der Waals surface area contributed by atoms with Gasteiger partial charge in [-0.2, -0.15) is 0 Å². The van der Waals surface area contributed by atoms with Crippen molar-refractivity contribution in [3.8, 4) is 0 Å². The van der Waals surface area contributed by atoms with Gasteiger partial charge in [-0.1, -0.05) is 0 Å². The highest BCUT2D eigenvalue weighted by molar-refractivity contribution is 9.10. The van der Waals surface area contributed by atoms with E-state index in [0.717, 1.165) is 4.47 Å². The molecule has 0 spiro atoms. The van der Waals surface area contributed by atoms with Crippen molar-refractivity contribution in [3.05, 3.63) is 62.7 Å². The predicted octanol–water partition coefficient (Wildman–Crippen LogP) is 2.70. The average Bonchev–Trinajstić information content (AvgIpc) is 2.38. The summed E-state index contributed by atoms with van der Waals surface area (Å²) < 4.78 is 14.8. The lowest BCUT2D eigenvalue weighted by atomic mass is 10.3. The normalized spacial score (nSPS) is 10.3. The Kier molecular flexibility index (Phi) is 4.34. The van der Waals surface area contributed by atoms with Gasteiger partial charge in [0.2, 0.25) is 5.91 Å². The van der Waals surface area contributed by atoms with Crippen LogP contribution in [0, 0.1) is 12.7 Å². The number of carbonyl (C=O) groups excluding carboxylic acids is 1. The lowest BCUT2D eigenvalue weighted by Crippen LogP contribution is -2.28. The maximum Gasteiger partial charge on any atom is 0.253 e. The van der Waals surface area contributed by atoms with Crippen molar-refractivity contribution < 1.29 is 9.18 Å². The molecular weight excluding hydrogens is 327 g/mol. The molecular formula is C14H12BrFN2O2. The quantitative estimate of drug-likeness (QED) is 0.935. The molecule has 1 aromatic carbocycles. The number of anilines is 1. The number of hydrogen-bond acceptors (Lipinski definition) is 2. The van der Waals surface area contributed by atoms with Crippen molar-refractivity contribution in [2.24, 2.45) is 0 Å². The van der Waals surface area contributed by atoms with Crippen LogP contribution in [-0.2, 0) is 11.3 Å². The molecule has 0 aliphatic carbocycles. The summed E-state index contributed by atoms with van der Waals surface area (Å²) in [7, 11) is 0. The summed E-state index contributed by atoms with van der Waals surface area (Å²) in [4.78, 5) is 23.7. The van der Waals surface area contributed by atoms with E-state index < -0.39 is 0 Å². The van der Waals surface area contributed by atoms with E-state index in [1.165, 1.54) is 28.8 Å². The van der Waals surface area contributed by atoms with E-state index in [4.69, 9.17) is 0 Å². The molecule has 0 radical (unpaired) electrons. The Balaban J connectivity index is 2.12. The van der Waals surface area contributed by atoms with Crippen molar-refractivity contribution >= 4 is 27.5 Å². The van der Waals surface area contributed by atoms with Crippen LogP contribution in [0.25, 0.3) is 0 Å². The molecule has 0 fully saturated rings. The molecule has 0 saturated heterocycles. The minimum Gasteiger partial charge on any atom is -0.325 e. The molecule has 0 aliphatic heterocycles. The van der Waals surface area contributed by atoms with Crippen molar-refractivity contribution in [1.29, 1.82) is 0 Å². The molecule has 4 nitrogen and oxygen atoms in total. The van der Waals surface area contributed by atoms with E-state index in [1.54, 1.807) is 19.2 Å². The first-order valence-electron chi connectivity index (χ1n) is 5.88.